The Labute approximate surface area is 286 Å². The number of rotatable bonds is 0. The molecule has 0 unspecified atom stereocenters. The zero-order chi connectivity index (χ0) is 33.4. The molecule has 1 aliphatic heterocycles. The molecule has 0 atom stereocenters. The summed E-state index contributed by atoms with van der Waals surface area (Å²) in [7, 11) is -1.84. The first-order valence-electron chi connectivity index (χ1n) is 16.5. The van der Waals surface area contributed by atoms with Crippen LogP contribution in [0.2, 0.25) is 0 Å². The number of hydrogen-bond donors (Lipinski definition) is 0. The van der Waals surface area contributed by atoms with Crippen molar-refractivity contribution in [2.75, 3.05) is 30.6 Å². The third kappa shape index (κ3) is 4.74. The van der Waals surface area contributed by atoms with Gasteiger partial charge in [0.1, 0.15) is 14.9 Å². The van der Waals surface area contributed by atoms with Gasteiger partial charge in [0.15, 0.2) is 0 Å². The van der Waals surface area contributed by atoms with Crippen molar-refractivity contribution in [2.45, 2.75) is 0 Å². The quantitative estimate of drug-likeness (QED) is 0.151. The van der Waals surface area contributed by atoms with Gasteiger partial charge < -0.3 is 18.9 Å². The Bertz CT molecular complexity index is 2550. The van der Waals surface area contributed by atoms with Gasteiger partial charge in [-0.2, -0.15) is 0 Å². The van der Waals surface area contributed by atoms with Crippen LogP contribution in [0.3, 0.4) is 0 Å². The van der Waals surface area contributed by atoms with Crippen LogP contribution < -0.4 is 31.0 Å². The van der Waals surface area contributed by atoms with E-state index in [9.17, 15) is 0 Å². The summed E-state index contributed by atoms with van der Waals surface area (Å²) >= 11 is 0. The van der Waals surface area contributed by atoms with Crippen LogP contribution in [0, 0.1) is 0 Å². The van der Waals surface area contributed by atoms with Crippen molar-refractivity contribution in [2.24, 2.45) is 0 Å². The maximum atomic E-state index is 15.9. The summed E-state index contributed by atoms with van der Waals surface area (Å²) < 4.78 is 31.3. The highest BCUT2D eigenvalue weighted by Gasteiger charge is 2.33. The summed E-state index contributed by atoms with van der Waals surface area (Å²) in [5.74, 6) is 0. The van der Waals surface area contributed by atoms with Crippen molar-refractivity contribution in [3.8, 4) is 0 Å². The minimum absolute atomic E-state index is 0.775. The van der Waals surface area contributed by atoms with E-state index in [1.165, 1.54) is 0 Å². The van der Waals surface area contributed by atoms with Crippen LogP contribution in [0.4, 0.5) is 22.7 Å². The zero-order valence-electron chi connectivity index (χ0n) is 27.5. The van der Waals surface area contributed by atoms with Crippen molar-refractivity contribution in [1.29, 1.82) is 0 Å². The Balaban J connectivity index is 1.46. The second-order valence-corrected chi connectivity index (χ2v) is 17.7. The zero-order valence-corrected chi connectivity index (χ0v) is 29.4. The summed E-state index contributed by atoms with van der Waals surface area (Å²) in [4.78, 5) is 4.24. The minimum Gasteiger partial charge on any atom is -0.343 e. The molecule has 1 heterocycles. The number of anilines is 4. The molecule has 0 N–H and O–H groups in total. The topological polar surface area (TPSA) is 40.6 Å². The highest BCUT2D eigenvalue weighted by molar-refractivity contribution is 7.78. The van der Waals surface area contributed by atoms with Crippen LogP contribution in [0.5, 0.6) is 0 Å². The van der Waals surface area contributed by atoms with Gasteiger partial charge in [-0.3, -0.25) is 0 Å². The summed E-state index contributed by atoms with van der Waals surface area (Å²) in [6.45, 7) is 1.91. The maximum absolute atomic E-state index is 15.9. The molecule has 0 spiro atoms. The monoisotopic (exact) mass is 672 g/mol. The molecular weight excluding hydrogens is 638 g/mol. The Morgan fingerprint density at radius 3 is 1.02 bits per heavy atom. The van der Waals surface area contributed by atoms with Gasteiger partial charge in [0, 0.05) is 35.3 Å². The van der Waals surface area contributed by atoms with E-state index in [0.717, 1.165) is 87.1 Å². The molecule has 8 aromatic carbocycles. The van der Waals surface area contributed by atoms with E-state index in [0.29, 0.717) is 0 Å². The maximum Gasteiger partial charge on any atom is 0.144 e. The predicted octanol–water partition coefficient (Wildman–Crippen LogP) is 9.60. The van der Waals surface area contributed by atoms with Gasteiger partial charge in [0.2, 0.25) is 0 Å². The molecule has 4 nitrogen and oxygen atoms in total. The van der Waals surface area contributed by atoms with Crippen LogP contribution in [0.15, 0.2) is 146 Å². The lowest BCUT2D eigenvalue weighted by Gasteiger charge is -2.33. The van der Waals surface area contributed by atoms with Crippen molar-refractivity contribution >= 4 is 102 Å². The predicted molar refractivity (Wildman–Crippen MR) is 213 cm³/mol. The first-order chi connectivity index (χ1) is 23.8. The van der Waals surface area contributed by atoms with E-state index in [1.54, 1.807) is 0 Å². The molecule has 49 heavy (non-hydrogen) atoms. The molecule has 8 aromatic rings. The average Bonchev–Trinajstić information content (AvgIpc) is 3.14. The fourth-order valence-electron chi connectivity index (χ4n) is 7.56. The molecule has 0 saturated heterocycles. The van der Waals surface area contributed by atoms with Crippen molar-refractivity contribution in [1.82, 2.24) is 0 Å². The number of fused-ring (bicyclic) bond motifs is 8. The summed E-state index contributed by atoms with van der Waals surface area (Å²) in [5.41, 5.74) is 3.38. The Kier molecular flexibility index (Phi) is 6.85. The Hall–Kier alpha value is -5.14. The van der Waals surface area contributed by atoms with E-state index in [4.69, 9.17) is 0 Å². The Morgan fingerprint density at radius 1 is 0.429 bits per heavy atom. The molecule has 0 aliphatic carbocycles. The van der Waals surface area contributed by atoms with E-state index in [1.807, 2.05) is 69.3 Å². The molecular formula is C43H34N2O2P2. The van der Waals surface area contributed by atoms with Crippen molar-refractivity contribution in [3.63, 3.8) is 0 Å². The second-order valence-electron chi connectivity index (χ2n) is 13.2. The number of benzene rings is 8. The largest absolute Gasteiger partial charge is 0.343 e. The first-order valence-corrected chi connectivity index (χ1v) is 20.1. The van der Waals surface area contributed by atoms with Gasteiger partial charge in [0.05, 0.1) is 22.7 Å². The van der Waals surface area contributed by atoms with Crippen molar-refractivity contribution < 1.29 is 9.13 Å². The lowest BCUT2D eigenvalue weighted by atomic mass is 10.1. The van der Waals surface area contributed by atoms with Crippen LogP contribution in [0.25, 0.3) is 43.1 Å². The number of hydrogen-bond acceptors (Lipinski definition) is 4. The van der Waals surface area contributed by atoms with Crippen LogP contribution in [-0.2, 0) is 9.13 Å². The number of nitrogens with zero attached hydrogens (tertiary/aromatic N) is 2. The molecule has 6 heteroatoms. The Morgan fingerprint density at radius 2 is 0.694 bits per heavy atom. The highest BCUT2D eigenvalue weighted by atomic mass is 31.2. The SMILES string of the molecule is CN1c2cc3ccccc3cc2[PH](=O)c2cc3ccccc3cc2N(C)c2cc3ccccc3cc2P(C)(=O)c2cc3ccccc3cc21. The molecule has 0 fully saturated rings. The molecule has 238 valence electrons. The fourth-order valence-corrected chi connectivity index (χ4v) is 11.7. The normalized spacial score (nSPS) is 17.7. The smallest absolute Gasteiger partial charge is 0.144 e. The third-order valence-electron chi connectivity index (χ3n) is 10.3. The van der Waals surface area contributed by atoms with Crippen LogP contribution >= 0.6 is 14.9 Å². The van der Waals surface area contributed by atoms with Gasteiger partial charge >= 0.3 is 0 Å². The van der Waals surface area contributed by atoms with E-state index in [-0.39, 0.29) is 0 Å². The van der Waals surface area contributed by atoms with Gasteiger partial charge in [-0.05, 0) is 98.3 Å². The molecule has 0 radical (unpaired) electrons. The van der Waals surface area contributed by atoms with E-state index >= 15 is 9.13 Å². The lowest BCUT2D eigenvalue weighted by molar-refractivity contribution is 0.590. The minimum atomic E-state index is -3.29. The van der Waals surface area contributed by atoms with Gasteiger partial charge in [0.25, 0.3) is 0 Å². The molecule has 0 saturated carbocycles. The fraction of sp³-hybridized carbons (Fsp3) is 0.0698. The molecule has 0 aromatic heterocycles. The standard InChI is InChI=1S/C43H34N2O2P2/c1-44-36-20-28-12-4-8-16-32(28)24-40(36)48(46)41-25-33-17-9-5-13-29(33)21-37(41)45(2)39-23-31-15-7-11-19-35(31)27-43(39)49(3,47)42-26-34-18-10-6-14-30(34)22-38(42)44/h4-27,48H,1-3H3. The lowest BCUT2D eigenvalue weighted by Crippen LogP contribution is -2.30. The average molecular weight is 673 g/mol. The third-order valence-corrected chi connectivity index (χ3v) is 14.6. The van der Waals surface area contributed by atoms with Gasteiger partial charge in [-0.1, -0.05) is 97.1 Å². The van der Waals surface area contributed by atoms with E-state index in [2.05, 4.69) is 107 Å². The molecule has 0 amide bonds. The van der Waals surface area contributed by atoms with Crippen molar-refractivity contribution in [3.05, 3.63) is 146 Å². The highest BCUT2D eigenvalue weighted by Crippen LogP contribution is 2.49. The van der Waals surface area contributed by atoms with Gasteiger partial charge in [-0.25, -0.2) is 0 Å². The van der Waals surface area contributed by atoms with Gasteiger partial charge in [-0.15, -0.1) is 0 Å². The van der Waals surface area contributed by atoms with Crippen LogP contribution in [0.1, 0.15) is 0 Å². The second kappa shape index (κ2) is 11.2. The van der Waals surface area contributed by atoms with E-state index < -0.39 is 14.9 Å². The summed E-state index contributed by atoms with van der Waals surface area (Å²) in [6, 6.07) is 50.0. The first kappa shape index (κ1) is 30.0. The molecule has 0 bridgehead atoms. The summed E-state index contributed by atoms with van der Waals surface area (Å²) in [5, 5.41) is 11.5. The van der Waals surface area contributed by atoms with Crippen LogP contribution in [-0.4, -0.2) is 20.8 Å². The summed E-state index contributed by atoms with van der Waals surface area (Å²) in [6.07, 6.45) is 0. The molecule has 9 rings (SSSR count). The molecule has 1 aliphatic rings.